The summed E-state index contributed by atoms with van der Waals surface area (Å²) < 4.78 is 0. The van der Waals surface area contributed by atoms with Crippen molar-refractivity contribution in [2.75, 3.05) is 18.0 Å². The highest BCUT2D eigenvalue weighted by atomic mass is 32.1. The molecule has 0 spiro atoms. The van der Waals surface area contributed by atoms with Crippen LogP contribution in [-0.4, -0.2) is 35.0 Å². The van der Waals surface area contributed by atoms with Crippen LogP contribution < -0.4 is 10.2 Å². The van der Waals surface area contributed by atoms with Crippen molar-refractivity contribution < 1.29 is 4.79 Å². The first-order valence-corrected chi connectivity index (χ1v) is 10.4. The number of nitrogens with one attached hydrogen (secondary N) is 1. The number of fused-ring (bicyclic) bond motifs is 1. The molecule has 0 unspecified atom stereocenters. The molecular formula is C21H22N4OS. The number of benzene rings is 1. The third-order valence-electron chi connectivity index (χ3n) is 5.46. The van der Waals surface area contributed by atoms with E-state index in [9.17, 15) is 4.79 Å². The maximum absolute atomic E-state index is 12.3. The Morgan fingerprint density at radius 1 is 1.07 bits per heavy atom. The fraction of sp³-hybridized carbons (Fsp3) is 0.381. The molecule has 5 nitrogen and oxygen atoms in total. The molecule has 3 aromatic rings. The van der Waals surface area contributed by atoms with Crippen molar-refractivity contribution in [3.63, 3.8) is 0 Å². The van der Waals surface area contributed by atoms with E-state index in [4.69, 9.17) is 0 Å². The van der Waals surface area contributed by atoms with Gasteiger partial charge in [0, 0.05) is 29.9 Å². The Morgan fingerprint density at radius 2 is 1.85 bits per heavy atom. The van der Waals surface area contributed by atoms with Gasteiger partial charge in [-0.2, -0.15) is 0 Å². The van der Waals surface area contributed by atoms with Gasteiger partial charge in [0.15, 0.2) is 0 Å². The lowest BCUT2D eigenvalue weighted by molar-refractivity contribution is -0.125. The number of rotatable bonds is 4. The predicted molar refractivity (Wildman–Crippen MR) is 109 cm³/mol. The van der Waals surface area contributed by atoms with E-state index in [0.717, 1.165) is 54.8 Å². The zero-order valence-electron chi connectivity index (χ0n) is 15.1. The van der Waals surface area contributed by atoms with Gasteiger partial charge in [-0.1, -0.05) is 30.3 Å². The summed E-state index contributed by atoms with van der Waals surface area (Å²) in [5.74, 6) is 1.38. The Hall–Kier alpha value is -2.47. The SMILES string of the molecule is O=C(NC1CC1)C1CCN(c2ncnc3sc(-c4ccccc4)cc23)CC1. The smallest absolute Gasteiger partial charge is 0.223 e. The Morgan fingerprint density at radius 3 is 2.59 bits per heavy atom. The Bertz CT molecular complexity index is 959. The van der Waals surface area contributed by atoms with Crippen molar-refractivity contribution in [3.05, 3.63) is 42.7 Å². The Balaban J connectivity index is 1.36. The molecule has 5 rings (SSSR count). The van der Waals surface area contributed by atoms with E-state index in [1.807, 2.05) is 6.07 Å². The minimum absolute atomic E-state index is 0.140. The van der Waals surface area contributed by atoms with Gasteiger partial charge in [-0.15, -0.1) is 11.3 Å². The quantitative estimate of drug-likeness (QED) is 0.749. The van der Waals surface area contributed by atoms with Crippen LogP contribution in [0.25, 0.3) is 20.7 Å². The summed E-state index contributed by atoms with van der Waals surface area (Å²) in [6.45, 7) is 1.73. The van der Waals surface area contributed by atoms with Crippen LogP contribution in [0.4, 0.5) is 5.82 Å². The van der Waals surface area contributed by atoms with Gasteiger partial charge in [-0.3, -0.25) is 4.79 Å². The van der Waals surface area contributed by atoms with Gasteiger partial charge < -0.3 is 10.2 Å². The third-order valence-corrected chi connectivity index (χ3v) is 6.55. The third kappa shape index (κ3) is 3.41. The molecule has 27 heavy (non-hydrogen) atoms. The van der Waals surface area contributed by atoms with Crippen molar-refractivity contribution >= 4 is 33.3 Å². The lowest BCUT2D eigenvalue weighted by Gasteiger charge is -2.32. The van der Waals surface area contributed by atoms with E-state index in [1.54, 1.807) is 17.7 Å². The molecule has 3 heterocycles. The van der Waals surface area contributed by atoms with Gasteiger partial charge in [-0.05, 0) is 37.3 Å². The largest absolute Gasteiger partial charge is 0.356 e. The summed E-state index contributed by atoms with van der Waals surface area (Å²) in [6, 6.07) is 13.1. The highest BCUT2D eigenvalue weighted by Crippen LogP contribution is 2.37. The molecule has 1 saturated carbocycles. The molecular weight excluding hydrogens is 356 g/mol. The van der Waals surface area contributed by atoms with Crippen LogP contribution in [0.2, 0.25) is 0 Å². The van der Waals surface area contributed by atoms with Crippen molar-refractivity contribution in [3.8, 4) is 10.4 Å². The second kappa shape index (κ2) is 6.93. The second-order valence-electron chi connectivity index (χ2n) is 7.44. The number of aromatic nitrogens is 2. The van der Waals surface area contributed by atoms with Crippen LogP contribution in [-0.2, 0) is 4.79 Å². The molecule has 1 N–H and O–H groups in total. The van der Waals surface area contributed by atoms with Gasteiger partial charge in [-0.25, -0.2) is 9.97 Å². The van der Waals surface area contributed by atoms with Gasteiger partial charge in [0.05, 0.1) is 5.39 Å². The van der Waals surface area contributed by atoms with E-state index >= 15 is 0 Å². The standard InChI is InChI=1S/C21H22N4OS/c26-20(24-16-6-7-16)15-8-10-25(11-9-15)19-17-12-18(14-4-2-1-3-5-14)27-21(17)23-13-22-19/h1-5,12-13,15-16H,6-11H2,(H,24,26). The van der Waals surface area contributed by atoms with Crippen molar-refractivity contribution in [1.82, 2.24) is 15.3 Å². The van der Waals surface area contributed by atoms with E-state index in [0.29, 0.717) is 6.04 Å². The zero-order chi connectivity index (χ0) is 18.2. The molecule has 1 saturated heterocycles. The molecule has 1 aliphatic heterocycles. The van der Waals surface area contributed by atoms with Crippen LogP contribution in [0.1, 0.15) is 25.7 Å². The lowest BCUT2D eigenvalue weighted by Crippen LogP contribution is -2.41. The summed E-state index contributed by atoms with van der Waals surface area (Å²) in [7, 11) is 0. The topological polar surface area (TPSA) is 58.1 Å². The van der Waals surface area contributed by atoms with Crippen molar-refractivity contribution in [2.24, 2.45) is 5.92 Å². The molecule has 2 fully saturated rings. The van der Waals surface area contributed by atoms with Gasteiger partial charge in [0.25, 0.3) is 0 Å². The van der Waals surface area contributed by atoms with Crippen LogP contribution in [0.15, 0.2) is 42.7 Å². The highest BCUT2D eigenvalue weighted by Gasteiger charge is 2.30. The number of hydrogen-bond acceptors (Lipinski definition) is 5. The molecule has 1 aromatic carbocycles. The minimum atomic E-state index is 0.140. The minimum Gasteiger partial charge on any atom is -0.356 e. The fourth-order valence-electron chi connectivity index (χ4n) is 3.74. The van der Waals surface area contributed by atoms with Gasteiger partial charge in [0.1, 0.15) is 17.0 Å². The van der Waals surface area contributed by atoms with Gasteiger partial charge >= 0.3 is 0 Å². The van der Waals surface area contributed by atoms with Crippen LogP contribution >= 0.6 is 11.3 Å². The Labute approximate surface area is 162 Å². The summed E-state index contributed by atoms with van der Waals surface area (Å²) in [5.41, 5.74) is 1.21. The molecule has 2 aromatic heterocycles. The number of carbonyl (C=O) groups excluding carboxylic acids is 1. The van der Waals surface area contributed by atoms with Crippen LogP contribution in [0.5, 0.6) is 0 Å². The van der Waals surface area contributed by atoms with E-state index in [1.165, 1.54) is 10.4 Å². The second-order valence-corrected chi connectivity index (χ2v) is 8.47. The molecule has 0 atom stereocenters. The van der Waals surface area contributed by atoms with Gasteiger partial charge in [0.2, 0.25) is 5.91 Å². The van der Waals surface area contributed by atoms with Crippen LogP contribution in [0, 0.1) is 5.92 Å². The molecule has 1 aliphatic carbocycles. The molecule has 138 valence electrons. The molecule has 2 aliphatic rings. The summed E-state index contributed by atoms with van der Waals surface area (Å²) >= 11 is 1.71. The Kier molecular flexibility index (Phi) is 4.28. The predicted octanol–water partition coefficient (Wildman–Crippen LogP) is 3.85. The maximum Gasteiger partial charge on any atom is 0.223 e. The number of nitrogens with zero attached hydrogens (tertiary/aromatic N) is 3. The van der Waals surface area contributed by atoms with E-state index < -0.39 is 0 Å². The van der Waals surface area contributed by atoms with Crippen LogP contribution in [0.3, 0.4) is 0 Å². The number of hydrogen-bond donors (Lipinski definition) is 1. The number of piperidine rings is 1. The summed E-state index contributed by atoms with van der Waals surface area (Å²) in [6.07, 6.45) is 5.73. The number of thiophene rings is 1. The number of amides is 1. The first-order valence-electron chi connectivity index (χ1n) is 9.63. The average molecular weight is 379 g/mol. The first kappa shape index (κ1) is 16.7. The zero-order valence-corrected chi connectivity index (χ0v) is 15.9. The first-order chi connectivity index (χ1) is 13.3. The van der Waals surface area contributed by atoms with Crippen molar-refractivity contribution in [2.45, 2.75) is 31.7 Å². The highest BCUT2D eigenvalue weighted by molar-refractivity contribution is 7.21. The summed E-state index contributed by atoms with van der Waals surface area (Å²) in [4.78, 5) is 25.9. The molecule has 6 heteroatoms. The van der Waals surface area contributed by atoms with E-state index in [2.05, 4.69) is 50.5 Å². The molecule has 1 amide bonds. The van der Waals surface area contributed by atoms with E-state index in [-0.39, 0.29) is 11.8 Å². The monoisotopic (exact) mass is 378 g/mol. The normalized spacial score (nSPS) is 18.0. The summed E-state index contributed by atoms with van der Waals surface area (Å²) in [5, 5.41) is 4.26. The van der Waals surface area contributed by atoms with Crippen molar-refractivity contribution in [1.29, 1.82) is 0 Å². The average Bonchev–Trinajstić information content (AvgIpc) is 3.42. The number of anilines is 1. The maximum atomic E-state index is 12.3. The number of carbonyl (C=O) groups is 1. The lowest BCUT2D eigenvalue weighted by atomic mass is 9.95. The molecule has 0 bridgehead atoms. The molecule has 0 radical (unpaired) electrons. The fourth-order valence-corrected chi connectivity index (χ4v) is 4.74.